The van der Waals surface area contributed by atoms with Crippen molar-refractivity contribution in [3.63, 3.8) is 0 Å². The molecule has 1 atom stereocenters. The fourth-order valence-corrected chi connectivity index (χ4v) is 3.23. The summed E-state index contributed by atoms with van der Waals surface area (Å²) in [7, 11) is 1.75. The molecule has 0 amide bonds. The van der Waals surface area contributed by atoms with Gasteiger partial charge in [0, 0.05) is 20.1 Å². The number of nitrogens with zero attached hydrogens (tertiary/aromatic N) is 1. The zero-order valence-electron chi connectivity index (χ0n) is 17.4. The Hall–Kier alpha value is -0.160. The zero-order chi connectivity index (χ0) is 18.4. The van der Waals surface area contributed by atoms with Crippen molar-refractivity contribution in [1.82, 2.24) is 4.90 Å². The van der Waals surface area contributed by atoms with E-state index >= 15 is 0 Å². The highest BCUT2D eigenvalue weighted by molar-refractivity contribution is 4.83. The Kier molecular flexibility index (Phi) is 14.0. The zero-order valence-corrected chi connectivity index (χ0v) is 17.4. The van der Waals surface area contributed by atoms with Crippen LogP contribution >= 0.6 is 0 Å². The van der Waals surface area contributed by atoms with E-state index in [1.54, 1.807) is 7.11 Å². The van der Waals surface area contributed by atoms with Gasteiger partial charge < -0.3 is 19.1 Å². The summed E-state index contributed by atoms with van der Waals surface area (Å²) in [4.78, 5) is 2.41. The van der Waals surface area contributed by atoms with E-state index in [2.05, 4.69) is 46.4 Å². The van der Waals surface area contributed by atoms with Gasteiger partial charge >= 0.3 is 0 Å². The summed E-state index contributed by atoms with van der Waals surface area (Å²) < 4.78 is 18.1. The van der Waals surface area contributed by atoms with Gasteiger partial charge in [-0.3, -0.25) is 0 Å². The van der Waals surface area contributed by atoms with Crippen LogP contribution in [-0.4, -0.2) is 62.7 Å². The van der Waals surface area contributed by atoms with E-state index in [-0.39, 0.29) is 11.7 Å². The lowest BCUT2D eigenvalue weighted by molar-refractivity contribution is -0.122. The maximum absolute atomic E-state index is 6.41. The number of rotatable bonds is 16. The Balaban J connectivity index is 4.77. The van der Waals surface area contributed by atoms with Crippen LogP contribution < -0.4 is 0 Å². The van der Waals surface area contributed by atoms with Crippen LogP contribution in [0.25, 0.3) is 0 Å². The van der Waals surface area contributed by atoms with Crippen LogP contribution in [0.4, 0.5) is 0 Å². The summed E-state index contributed by atoms with van der Waals surface area (Å²) >= 11 is 0. The normalized spacial score (nSPS) is 13.9. The van der Waals surface area contributed by atoms with E-state index in [9.17, 15) is 0 Å². The molecule has 0 aliphatic rings. The van der Waals surface area contributed by atoms with Crippen molar-refractivity contribution in [2.45, 2.75) is 91.5 Å². The summed E-state index contributed by atoms with van der Waals surface area (Å²) in [6.45, 7) is 17.8. The van der Waals surface area contributed by atoms with Crippen LogP contribution in [0, 0.1) is 0 Å². The lowest BCUT2D eigenvalue weighted by Crippen LogP contribution is -2.41. The molecular weight excluding hydrogens is 302 g/mol. The smallest absolute Gasteiger partial charge is 0.0839 e. The SMILES string of the molecule is CCC(CC)OC(COC)CC(CC)(CC)OCCN(CC)CC. The van der Waals surface area contributed by atoms with E-state index < -0.39 is 0 Å². The van der Waals surface area contributed by atoms with Gasteiger partial charge in [-0.1, -0.05) is 41.5 Å². The Morgan fingerprint density at radius 3 is 1.88 bits per heavy atom. The second kappa shape index (κ2) is 14.1. The standard InChI is InChI=1S/C20H43NO3/c1-8-18(9-2)24-19(17-22-7)16-20(10-3,11-4)23-15-14-21(12-5)13-6/h18-19H,8-17H2,1-7H3. The lowest BCUT2D eigenvalue weighted by Gasteiger charge is -2.37. The molecule has 0 radical (unpaired) electrons. The first-order chi connectivity index (χ1) is 11.5. The monoisotopic (exact) mass is 345 g/mol. The molecule has 4 nitrogen and oxygen atoms in total. The first kappa shape index (κ1) is 23.8. The lowest BCUT2D eigenvalue weighted by atomic mass is 9.90. The minimum atomic E-state index is -0.109. The predicted octanol–water partition coefficient (Wildman–Crippen LogP) is 4.51. The van der Waals surface area contributed by atoms with Crippen LogP contribution in [0.2, 0.25) is 0 Å². The molecule has 146 valence electrons. The minimum Gasteiger partial charge on any atom is -0.382 e. The van der Waals surface area contributed by atoms with E-state index in [4.69, 9.17) is 14.2 Å². The van der Waals surface area contributed by atoms with Crippen LogP contribution in [0.1, 0.15) is 73.6 Å². The summed E-state index contributed by atoms with van der Waals surface area (Å²) in [6.07, 6.45) is 5.43. The van der Waals surface area contributed by atoms with E-state index in [1.165, 1.54) is 0 Å². The van der Waals surface area contributed by atoms with Crippen molar-refractivity contribution >= 4 is 0 Å². The molecular formula is C20H43NO3. The third-order valence-corrected chi connectivity index (χ3v) is 5.25. The van der Waals surface area contributed by atoms with Crippen LogP contribution in [0.15, 0.2) is 0 Å². The fraction of sp³-hybridized carbons (Fsp3) is 1.00. The molecule has 0 saturated carbocycles. The quantitative estimate of drug-likeness (QED) is 0.412. The number of methoxy groups -OCH3 is 1. The van der Waals surface area contributed by atoms with Crippen molar-refractivity contribution in [1.29, 1.82) is 0 Å². The van der Waals surface area contributed by atoms with Gasteiger partial charge in [-0.05, 0) is 38.8 Å². The first-order valence-electron chi connectivity index (χ1n) is 10.0. The first-order valence-corrected chi connectivity index (χ1v) is 10.0. The van der Waals surface area contributed by atoms with Gasteiger partial charge in [0.25, 0.3) is 0 Å². The van der Waals surface area contributed by atoms with E-state index in [0.717, 1.165) is 58.3 Å². The molecule has 0 saturated heterocycles. The summed E-state index contributed by atoms with van der Waals surface area (Å²) in [5.74, 6) is 0. The van der Waals surface area contributed by atoms with Crippen molar-refractivity contribution in [2.24, 2.45) is 0 Å². The number of hydrogen-bond donors (Lipinski definition) is 0. The third-order valence-electron chi connectivity index (χ3n) is 5.25. The number of hydrogen-bond acceptors (Lipinski definition) is 4. The molecule has 4 heteroatoms. The van der Waals surface area contributed by atoms with Crippen LogP contribution in [0.5, 0.6) is 0 Å². The number of likely N-dealkylation sites (N-methyl/N-ethyl adjacent to an activating group) is 1. The molecule has 0 rings (SSSR count). The highest BCUT2D eigenvalue weighted by Gasteiger charge is 2.32. The average molecular weight is 346 g/mol. The van der Waals surface area contributed by atoms with Gasteiger partial charge in [0.05, 0.1) is 31.0 Å². The Bertz CT molecular complexity index is 274. The van der Waals surface area contributed by atoms with Crippen molar-refractivity contribution in [3.8, 4) is 0 Å². The minimum absolute atomic E-state index is 0.105. The highest BCUT2D eigenvalue weighted by atomic mass is 16.5. The Morgan fingerprint density at radius 1 is 0.875 bits per heavy atom. The van der Waals surface area contributed by atoms with Crippen molar-refractivity contribution in [3.05, 3.63) is 0 Å². The molecule has 0 aromatic rings. The van der Waals surface area contributed by atoms with E-state index in [1.807, 2.05) is 0 Å². The van der Waals surface area contributed by atoms with Crippen LogP contribution in [0.3, 0.4) is 0 Å². The Morgan fingerprint density at radius 2 is 1.46 bits per heavy atom. The maximum atomic E-state index is 6.41. The topological polar surface area (TPSA) is 30.9 Å². The molecule has 0 bridgehead atoms. The van der Waals surface area contributed by atoms with Gasteiger partial charge in [-0.15, -0.1) is 0 Å². The molecule has 0 spiro atoms. The van der Waals surface area contributed by atoms with Gasteiger partial charge in [0.15, 0.2) is 0 Å². The molecule has 0 aliphatic heterocycles. The molecule has 0 aliphatic carbocycles. The maximum Gasteiger partial charge on any atom is 0.0839 e. The molecule has 0 aromatic heterocycles. The molecule has 24 heavy (non-hydrogen) atoms. The fourth-order valence-electron chi connectivity index (χ4n) is 3.23. The predicted molar refractivity (Wildman–Crippen MR) is 103 cm³/mol. The van der Waals surface area contributed by atoms with Gasteiger partial charge in [0.1, 0.15) is 0 Å². The molecule has 1 unspecified atom stereocenters. The second-order valence-corrected chi connectivity index (χ2v) is 6.62. The summed E-state index contributed by atoms with van der Waals surface area (Å²) in [6, 6.07) is 0. The van der Waals surface area contributed by atoms with Gasteiger partial charge in [-0.25, -0.2) is 0 Å². The van der Waals surface area contributed by atoms with Crippen molar-refractivity contribution in [2.75, 3.05) is 40.0 Å². The summed E-state index contributed by atoms with van der Waals surface area (Å²) in [5, 5.41) is 0. The highest BCUT2D eigenvalue weighted by Crippen LogP contribution is 2.28. The second-order valence-electron chi connectivity index (χ2n) is 6.62. The van der Waals surface area contributed by atoms with E-state index in [0.29, 0.717) is 12.7 Å². The number of ether oxygens (including phenoxy) is 3. The molecule has 0 heterocycles. The Labute approximate surface area is 151 Å². The largest absolute Gasteiger partial charge is 0.382 e. The van der Waals surface area contributed by atoms with Gasteiger partial charge in [-0.2, -0.15) is 0 Å². The molecule has 0 fully saturated rings. The van der Waals surface area contributed by atoms with Gasteiger partial charge in [0.2, 0.25) is 0 Å². The van der Waals surface area contributed by atoms with Crippen LogP contribution in [-0.2, 0) is 14.2 Å². The molecule has 0 N–H and O–H groups in total. The average Bonchev–Trinajstić information content (AvgIpc) is 2.62. The molecule has 0 aromatic carbocycles. The summed E-state index contributed by atoms with van der Waals surface area (Å²) in [5.41, 5.74) is -0.109. The third kappa shape index (κ3) is 8.80. The van der Waals surface area contributed by atoms with Crippen molar-refractivity contribution < 1.29 is 14.2 Å².